The second kappa shape index (κ2) is 8.63. The van der Waals surface area contributed by atoms with E-state index in [1.165, 1.54) is 11.1 Å². The zero-order valence-electron chi connectivity index (χ0n) is 14.9. The third-order valence-electron chi connectivity index (χ3n) is 3.74. The zero-order chi connectivity index (χ0) is 17.4. The van der Waals surface area contributed by atoms with E-state index in [2.05, 4.69) is 61.5 Å². The van der Waals surface area contributed by atoms with Gasteiger partial charge in [-0.25, -0.2) is 10.4 Å². The second-order valence-corrected chi connectivity index (χ2v) is 7.40. The van der Waals surface area contributed by atoms with E-state index in [0.29, 0.717) is 0 Å². The van der Waals surface area contributed by atoms with Gasteiger partial charge in [0.2, 0.25) is 0 Å². The number of hydrazine groups is 1. The van der Waals surface area contributed by atoms with E-state index in [0.717, 1.165) is 19.5 Å². The molecule has 3 heteroatoms. The normalized spacial score (nSPS) is 12.8. The quantitative estimate of drug-likeness (QED) is 0.762. The maximum Gasteiger partial charge on any atom is 0.109 e. The Morgan fingerprint density at radius 3 is 1.75 bits per heavy atom. The lowest BCUT2D eigenvalue weighted by Gasteiger charge is -2.29. The molecule has 0 heterocycles. The molecule has 2 aromatic rings. The molecule has 126 valence electrons. The minimum atomic E-state index is -0.197. The van der Waals surface area contributed by atoms with Crippen molar-refractivity contribution in [2.45, 2.75) is 46.3 Å². The number of nitriles is 1. The number of nitrogens with zero attached hydrogens (tertiary/aromatic N) is 2. The van der Waals surface area contributed by atoms with Crippen molar-refractivity contribution in [2.75, 3.05) is 0 Å². The van der Waals surface area contributed by atoms with Crippen LogP contribution in [0.5, 0.6) is 0 Å². The lowest BCUT2D eigenvalue weighted by atomic mass is 9.89. The van der Waals surface area contributed by atoms with Crippen molar-refractivity contribution in [1.29, 1.82) is 5.26 Å². The third kappa shape index (κ3) is 6.54. The van der Waals surface area contributed by atoms with E-state index in [1.807, 2.05) is 36.4 Å². The fourth-order valence-corrected chi connectivity index (χ4v) is 2.71. The molecule has 1 atom stereocenters. The first kappa shape index (κ1) is 18.2. The molecule has 0 unspecified atom stereocenters. The summed E-state index contributed by atoms with van der Waals surface area (Å²) in [7, 11) is 0. The van der Waals surface area contributed by atoms with E-state index in [4.69, 9.17) is 0 Å². The van der Waals surface area contributed by atoms with Crippen LogP contribution < -0.4 is 5.43 Å². The fraction of sp³-hybridized carbons (Fsp3) is 0.381. The van der Waals surface area contributed by atoms with Crippen LogP contribution in [-0.2, 0) is 13.1 Å². The maximum absolute atomic E-state index is 9.53. The predicted molar refractivity (Wildman–Crippen MR) is 98.7 cm³/mol. The van der Waals surface area contributed by atoms with Gasteiger partial charge in [-0.15, -0.1) is 0 Å². The van der Waals surface area contributed by atoms with Gasteiger partial charge in [-0.05, 0) is 23.0 Å². The van der Waals surface area contributed by atoms with Crippen molar-refractivity contribution in [3.05, 3.63) is 71.8 Å². The van der Waals surface area contributed by atoms with E-state index in [-0.39, 0.29) is 11.5 Å². The molecule has 0 saturated carbocycles. The summed E-state index contributed by atoms with van der Waals surface area (Å²) in [6.45, 7) is 8.02. The largest absolute Gasteiger partial charge is 0.237 e. The molecule has 0 spiro atoms. The molecule has 24 heavy (non-hydrogen) atoms. The van der Waals surface area contributed by atoms with Crippen molar-refractivity contribution in [2.24, 2.45) is 5.41 Å². The summed E-state index contributed by atoms with van der Waals surface area (Å²) in [6, 6.07) is 22.9. The van der Waals surface area contributed by atoms with E-state index >= 15 is 0 Å². The Bertz CT molecular complexity index is 597. The minimum absolute atomic E-state index is 0.110. The van der Waals surface area contributed by atoms with Gasteiger partial charge in [0.15, 0.2) is 0 Å². The van der Waals surface area contributed by atoms with Gasteiger partial charge in [-0.2, -0.15) is 5.26 Å². The highest BCUT2D eigenvalue weighted by atomic mass is 15.5. The number of hydrogen-bond acceptors (Lipinski definition) is 3. The summed E-state index contributed by atoms with van der Waals surface area (Å²) in [5.41, 5.74) is 6.00. The van der Waals surface area contributed by atoms with Crippen LogP contribution in [0.25, 0.3) is 0 Å². The first-order chi connectivity index (χ1) is 11.5. The van der Waals surface area contributed by atoms with Crippen molar-refractivity contribution in [3.8, 4) is 6.07 Å². The molecule has 0 aliphatic heterocycles. The van der Waals surface area contributed by atoms with Crippen LogP contribution in [0.15, 0.2) is 60.7 Å². The summed E-state index contributed by atoms with van der Waals surface area (Å²) < 4.78 is 0. The smallest absolute Gasteiger partial charge is 0.109 e. The monoisotopic (exact) mass is 321 g/mol. The van der Waals surface area contributed by atoms with Crippen molar-refractivity contribution in [3.63, 3.8) is 0 Å². The average Bonchev–Trinajstić information content (AvgIpc) is 2.55. The number of nitrogens with one attached hydrogen (secondary N) is 1. The Kier molecular flexibility index (Phi) is 6.54. The number of benzene rings is 2. The highest BCUT2D eigenvalue weighted by Gasteiger charge is 2.20. The second-order valence-electron chi connectivity index (χ2n) is 7.40. The van der Waals surface area contributed by atoms with Gasteiger partial charge in [-0.1, -0.05) is 81.4 Å². The summed E-state index contributed by atoms with van der Waals surface area (Å²) in [5, 5.41) is 11.7. The average molecular weight is 321 g/mol. The lowest BCUT2D eigenvalue weighted by Crippen LogP contribution is -2.44. The number of rotatable bonds is 7. The predicted octanol–water partition coefficient (Wildman–Crippen LogP) is 4.52. The Morgan fingerprint density at radius 1 is 0.917 bits per heavy atom. The summed E-state index contributed by atoms with van der Waals surface area (Å²) in [5.74, 6) is 0. The summed E-state index contributed by atoms with van der Waals surface area (Å²) in [4.78, 5) is 0. The van der Waals surface area contributed by atoms with Crippen LogP contribution in [0, 0.1) is 16.7 Å². The van der Waals surface area contributed by atoms with E-state index in [9.17, 15) is 5.26 Å². The van der Waals surface area contributed by atoms with E-state index in [1.54, 1.807) is 0 Å². The van der Waals surface area contributed by atoms with Crippen LogP contribution in [-0.4, -0.2) is 11.1 Å². The first-order valence-corrected chi connectivity index (χ1v) is 8.45. The Morgan fingerprint density at radius 2 is 1.38 bits per heavy atom. The van der Waals surface area contributed by atoms with Gasteiger partial charge in [0.1, 0.15) is 6.04 Å². The number of hydrogen-bond donors (Lipinski definition) is 1. The standard InChI is InChI=1S/C21H27N3/c1-21(2,3)14-20(15-22)23-24(16-18-10-6-4-7-11-18)17-19-12-8-5-9-13-19/h4-13,20,23H,14,16-17H2,1-3H3/t20-/m0/s1. The topological polar surface area (TPSA) is 39.1 Å². The molecular formula is C21H27N3. The Hall–Kier alpha value is -2.15. The van der Waals surface area contributed by atoms with Gasteiger partial charge in [0, 0.05) is 13.1 Å². The van der Waals surface area contributed by atoms with Gasteiger partial charge in [-0.3, -0.25) is 0 Å². The van der Waals surface area contributed by atoms with Crippen LogP contribution >= 0.6 is 0 Å². The summed E-state index contributed by atoms with van der Waals surface area (Å²) >= 11 is 0. The summed E-state index contributed by atoms with van der Waals surface area (Å²) in [6.07, 6.45) is 0.809. The molecule has 0 aromatic heterocycles. The Labute approximate surface area is 145 Å². The molecule has 0 fully saturated rings. The van der Waals surface area contributed by atoms with Crippen molar-refractivity contribution >= 4 is 0 Å². The zero-order valence-corrected chi connectivity index (χ0v) is 14.9. The van der Waals surface area contributed by atoms with Crippen molar-refractivity contribution < 1.29 is 0 Å². The molecule has 0 bridgehead atoms. The Balaban J connectivity index is 2.11. The molecule has 0 saturated heterocycles. The molecule has 0 amide bonds. The van der Waals surface area contributed by atoms with Gasteiger partial charge in [0.05, 0.1) is 6.07 Å². The van der Waals surface area contributed by atoms with Crippen molar-refractivity contribution in [1.82, 2.24) is 10.4 Å². The van der Waals surface area contributed by atoms with Gasteiger partial charge in [0.25, 0.3) is 0 Å². The molecule has 2 rings (SSSR count). The highest BCUT2D eigenvalue weighted by Crippen LogP contribution is 2.21. The molecule has 0 aliphatic rings. The van der Waals surface area contributed by atoms with Gasteiger partial charge < -0.3 is 0 Å². The van der Waals surface area contributed by atoms with E-state index < -0.39 is 0 Å². The van der Waals surface area contributed by atoms with Crippen LogP contribution in [0.4, 0.5) is 0 Å². The van der Waals surface area contributed by atoms with Crippen LogP contribution in [0.2, 0.25) is 0 Å². The first-order valence-electron chi connectivity index (χ1n) is 8.45. The SMILES string of the molecule is CC(C)(C)C[C@@H](C#N)NN(Cc1ccccc1)Cc1ccccc1. The molecule has 0 aliphatic carbocycles. The molecule has 2 aromatic carbocycles. The highest BCUT2D eigenvalue weighted by molar-refractivity contribution is 5.17. The van der Waals surface area contributed by atoms with Crippen LogP contribution in [0.3, 0.4) is 0 Å². The lowest BCUT2D eigenvalue weighted by molar-refractivity contribution is 0.137. The maximum atomic E-state index is 9.53. The minimum Gasteiger partial charge on any atom is -0.237 e. The third-order valence-corrected chi connectivity index (χ3v) is 3.74. The van der Waals surface area contributed by atoms with Crippen LogP contribution in [0.1, 0.15) is 38.3 Å². The molecular weight excluding hydrogens is 294 g/mol. The fourth-order valence-electron chi connectivity index (χ4n) is 2.71. The molecule has 1 N–H and O–H groups in total. The molecule has 3 nitrogen and oxygen atoms in total. The molecule has 0 radical (unpaired) electrons. The van der Waals surface area contributed by atoms with Gasteiger partial charge >= 0.3 is 0 Å².